The van der Waals surface area contributed by atoms with E-state index in [0.29, 0.717) is 25.6 Å². The molecule has 2 atom stereocenters. The van der Waals surface area contributed by atoms with Gasteiger partial charge in [0, 0.05) is 51.0 Å². The first kappa shape index (κ1) is 34.6. The molecule has 242 valence electrons. The van der Waals surface area contributed by atoms with Crippen molar-refractivity contribution in [1.82, 2.24) is 14.8 Å². The summed E-state index contributed by atoms with van der Waals surface area (Å²) in [7, 11) is 1.68. The minimum Gasteiger partial charge on any atom is -0.497 e. The topological polar surface area (TPSA) is 130 Å². The Morgan fingerprint density at radius 1 is 1.05 bits per heavy atom. The number of methoxy groups -OCH3 is 1. The second kappa shape index (κ2) is 14.2. The summed E-state index contributed by atoms with van der Waals surface area (Å²) in [5, 5.41) is 14.2. The van der Waals surface area contributed by atoms with Gasteiger partial charge < -0.3 is 24.6 Å². The molecule has 44 heavy (non-hydrogen) atoms. The minimum absolute atomic E-state index is 0.0149. The minimum atomic E-state index is -5.08. The maximum atomic E-state index is 13.7. The van der Waals surface area contributed by atoms with E-state index in [0.717, 1.165) is 30.9 Å². The number of hydrogen-bond donors (Lipinski definition) is 2. The van der Waals surface area contributed by atoms with Crippen LogP contribution < -0.4 is 4.74 Å². The molecule has 5 rings (SSSR count). The molecule has 0 bridgehead atoms. The molecule has 2 aliphatic heterocycles. The molecule has 1 aromatic heterocycles. The van der Waals surface area contributed by atoms with E-state index in [1.165, 1.54) is 18.4 Å². The average molecular weight is 636 g/mol. The summed E-state index contributed by atoms with van der Waals surface area (Å²) in [4.78, 5) is 40.2. The summed E-state index contributed by atoms with van der Waals surface area (Å²) >= 11 is 0. The zero-order valence-corrected chi connectivity index (χ0v) is 23.5. The van der Waals surface area contributed by atoms with Crippen LogP contribution in [0.4, 0.5) is 26.3 Å². The molecule has 3 heterocycles. The Hall–Kier alpha value is -3.92. The molecule has 1 aromatic carbocycles. The van der Waals surface area contributed by atoms with Gasteiger partial charge in [0.1, 0.15) is 5.75 Å². The van der Waals surface area contributed by atoms with Crippen molar-refractivity contribution >= 4 is 17.8 Å². The van der Waals surface area contributed by atoms with E-state index < -0.39 is 29.9 Å². The number of halogens is 6. The molecule has 1 amide bonds. The van der Waals surface area contributed by atoms with Crippen LogP contribution in [0.5, 0.6) is 5.75 Å². The van der Waals surface area contributed by atoms with Crippen LogP contribution in [0.2, 0.25) is 0 Å². The van der Waals surface area contributed by atoms with Gasteiger partial charge in [-0.15, -0.1) is 0 Å². The maximum Gasteiger partial charge on any atom is 0.490 e. The fourth-order valence-corrected chi connectivity index (χ4v) is 4.90. The lowest BCUT2D eigenvalue weighted by atomic mass is 9.83. The molecular weight excluding hydrogens is 604 g/mol. The van der Waals surface area contributed by atoms with E-state index in [9.17, 15) is 31.1 Å². The third-order valence-corrected chi connectivity index (χ3v) is 7.14. The van der Waals surface area contributed by atoms with E-state index in [4.69, 9.17) is 29.3 Å². The van der Waals surface area contributed by atoms with Gasteiger partial charge in [0.05, 0.1) is 13.7 Å². The molecule has 0 radical (unpaired) electrons. The highest BCUT2D eigenvalue weighted by molar-refractivity contribution is 5.88. The van der Waals surface area contributed by atoms with E-state index in [2.05, 4.69) is 33.0 Å². The molecule has 1 aliphatic carbocycles. The number of ether oxygens (including phenoxy) is 2. The lowest BCUT2D eigenvalue weighted by Gasteiger charge is -2.42. The molecule has 16 heteroatoms. The first-order chi connectivity index (χ1) is 20.6. The molecule has 2 N–H and O–H groups in total. The number of aromatic nitrogens is 1. The monoisotopic (exact) mass is 635 g/mol. The smallest absolute Gasteiger partial charge is 0.490 e. The van der Waals surface area contributed by atoms with Crippen LogP contribution in [0.25, 0.3) is 0 Å². The van der Waals surface area contributed by atoms with Gasteiger partial charge in [-0.05, 0) is 48.1 Å². The van der Waals surface area contributed by atoms with Crippen LogP contribution in [0, 0.1) is 5.92 Å². The van der Waals surface area contributed by atoms with E-state index in [1.807, 2.05) is 24.4 Å². The average Bonchev–Trinajstić information content (AvgIpc) is 3.71. The van der Waals surface area contributed by atoms with Gasteiger partial charge in [-0.3, -0.25) is 14.7 Å². The van der Waals surface area contributed by atoms with Crippen LogP contribution in [0.15, 0.2) is 48.8 Å². The Balaban J connectivity index is 0.000000317. The van der Waals surface area contributed by atoms with Crippen molar-refractivity contribution in [3.63, 3.8) is 0 Å². The van der Waals surface area contributed by atoms with Crippen LogP contribution in [-0.4, -0.2) is 101 Å². The van der Waals surface area contributed by atoms with E-state index in [1.54, 1.807) is 13.3 Å². The molecule has 2 saturated heterocycles. The van der Waals surface area contributed by atoms with Crippen molar-refractivity contribution < 1.29 is 60.4 Å². The predicted octanol–water partition coefficient (Wildman–Crippen LogP) is 3.96. The third-order valence-electron chi connectivity index (χ3n) is 7.14. The lowest BCUT2D eigenvalue weighted by molar-refractivity contribution is -0.193. The highest BCUT2D eigenvalue weighted by atomic mass is 19.4. The van der Waals surface area contributed by atoms with Gasteiger partial charge in [0.25, 0.3) is 5.91 Å². The number of pyridine rings is 1. The van der Waals surface area contributed by atoms with Crippen LogP contribution in [-0.2, 0) is 25.7 Å². The molecule has 10 nitrogen and oxygen atoms in total. The molecule has 1 spiro atoms. The Kier molecular flexibility index (Phi) is 11.2. The number of amides is 1. The van der Waals surface area contributed by atoms with Crippen molar-refractivity contribution in [3.8, 4) is 5.75 Å². The number of benzene rings is 1. The molecule has 3 aliphatic rings. The number of carboxylic acids is 2. The lowest BCUT2D eigenvalue weighted by Crippen LogP contribution is -2.60. The number of aliphatic carboxylic acids is 2. The van der Waals surface area contributed by atoms with Crippen molar-refractivity contribution in [2.45, 2.75) is 43.3 Å². The van der Waals surface area contributed by atoms with Crippen LogP contribution in [0.1, 0.15) is 29.9 Å². The van der Waals surface area contributed by atoms with Gasteiger partial charge in [-0.1, -0.05) is 18.2 Å². The summed E-state index contributed by atoms with van der Waals surface area (Å²) in [6, 6.07) is 12.2. The number of nitrogens with zero attached hydrogens (tertiary/aromatic N) is 3. The molecule has 2 aromatic rings. The number of hydrogen-bond acceptors (Lipinski definition) is 7. The summed E-state index contributed by atoms with van der Waals surface area (Å²) < 4.78 is 75.1. The van der Waals surface area contributed by atoms with E-state index in [-0.39, 0.29) is 11.8 Å². The molecule has 3 fully saturated rings. The zero-order valence-electron chi connectivity index (χ0n) is 23.5. The second-order valence-electron chi connectivity index (χ2n) is 10.4. The van der Waals surface area contributed by atoms with Gasteiger partial charge in [-0.25, -0.2) is 9.59 Å². The van der Waals surface area contributed by atoms with Crippen molar-refractivity contribution in [2.75, 3.05) is 39.9 Å². The Bertz CT molecular complexity index is 1250. The standard InChI is InChI=1S/C24H29N3O3.2C2HF3O2/c1-29-21-8-6-18(7-9-21)14-26-16-22(20-3-2-10-25-13-20)24(17-26)23(28)27(11-12-30-24)15-19-4-5-19;2*3-2(4,5)1(6)7/h2-3,6-10,13,19,22H,4-5,11-12,14-17H2,1H3;2*(H,6,7). The number of carbonyl (C=O) groups excluding carboxylic acids is 1. The van der Waals surface area contributed by atoms with Gasteiger partial charge >= 0.3 is 24.3 Å². The van der Waals surface area contributed by atoms with E-state index >= 15 is 0 Å². The SMILES string of the molecule is COc1ccc(CN2CC(c3cccnc3)C3(C2)OCCN(CC2CC2)C3=O)cc1.O=C(O)C(F)(F)F.O=C(O)C(F)(F)F. The summed E-state index contributed by atoms with van der Waals surface area (Å²) in [6.45, 7) is 4.35. The normalized spacial score (nSPS) is 22.0. The number of alkyl halides is 6. The molecular formula is C28H31F6N3O7. The summed E-state index contributed by atoms with van der Waals surface area (Å²) in [5.74, 6) is -3.84. The fraction of sp³-hybridized carbons (Fsp3) is 0.500. The Morgan fingerprint density at radius 2 is 1.64 bits per heavy atom. The van der Waals surface area contributed by atoms with Crippen molar-refractivity contribution in [2.24, 2.45) is 5.92 Å². The number of morpholine rings is 1. The quantitative estimate of drug-likeness (QED) is 0.453. The highest BCUT2D eigenvalue weighted by Gasteiger charge is 2.57. The van der Waals surface area contributed by atoms with Crippen LogP contribution in [0.3, 0.4) is 0 Å². The molecule has 1 saturated carbocycles. The Labute approximate surface area is 248 Å². The maximum absolute atomic E-state index is 13.7. The predicted molar refractivity (Wildman–Crippen MR) is 141 cm³/mol. The highest BCUT2D eigenvalue weighted by Crippen LogP contribution is 2.43. The van der Waals surface area contributed by atoms with Crippen LogP contribution >= 0.6 is 0 Å². The van der Waals surface area contributed by atoms with Gasteiger partial charge in [0.15, 0.2) is 5.60 Å². The second-order valence-corrected chi connectivity index (χ2v) is 10.4. The molecule has 2 unspecified atom stereocenters. The number of rotatable bonds is 6. The first-order valence-electron chi connectivity index (χ1n) is 13.4. The summed E-state index contributed by atoms with van der Waals surface area (Å²) in [5.41, 5.74) is 1.47. The zero-order chi connectivity index (χ0) is 32.7. The Morgan fingerprint density at radius 3 is 2.11 bits per heavy atom. The first-order valence-corrected chi connectivity index (χ1v) is 13.4. The largest absolute Gasteiger partial charge is 0.497 e. The third kappa shape index (κ3) is 9.29. The number of carboxylic acid groups (broad SMARTS) is 2. The fourth-order valence-electron chi connectivity index (χ4n) is 4.90. The van der Waals surface area contributed by atoms with Crippen molar-refractivity contribution in [3.05, 3.63) is 59.9 Å². The van der Waals surface area contributed by atoms with Crippen molar-refractivity contribution in [1.29, 1.82) is 0 Å². The number of likely N-dealkylation sites (tertiary alicyclic amines) is 1. The number of carbonyl (C=O) groups is 3. The summed E-state index contributed by atoms with van der Waals surface area (Å²) in [6.07, 6.45) is -4.01. The van der Waals surface area contributed by atoms with Gasteiger partial charge in [-0.2, -0.15) is 26.3 Å². The van der Waals surface area contributed by atoms with Gasteiger partial charge in [0.2, 0.25) is 0 Å².